The van der Waals surface area contributed by atoms with Gasteiger partial charge in [0.25, 0.3) is 0 Å². The highest BCUT2D eigenvalue weighted by Gasteiger charge is 2.26. The summed E-state index contributed by atoms with van der Waals surface area (Å²) in [5, 5.41) is 12.5. The van der Waals surface area contributed by atoms with Crippen LogP contribution in [-0.2, 0) is 9.53 Å². The average molecular weight is 307 g/mol. The van der Waals surface area contributed by atoms with E-state index in [1.165, 1.54) is 0 Å². The Hall–Kier alpha value is -1.75. The van der Waals surface area contributed by atoms with Crippen molar-refractivity contribution in [3.8, 4) is 5.75 Å². The van der Waals surface area contributed by atoms with Crippen LogP contribution in [0.1, 0.15) is 32.1 Å². The molecule has 0 aliphatic heterocycles. The van der Waals surface area contributed by atoms with Gasteiger partial charge < -0.3 is 19.9 Å². The van der Waals surface area contributed by atoms with Crippen LogP contribution in [0.3, 0.4) is 0 Å². The Morgan fingerprint density at radius 2 is 1.95 bits per heavy atom. The lowest BCUT2D eigenvalue weighted by atomic mass is 9.86. The summed E-state index contributed by atoms with van der Waals surface area (Å²) in [5.41, 5.74) is 0.985. The number of ether oxygens (including phenoxy) is 2. The Labute approximate surface area is 131 Å². The van der Waals surface area contributed by atoms with Crippen LogP contribution in [0.4, 0.5) is 5.69 Å². The summed E-state index contributed by atoms with van der Waals surface area (Å²) in [6.45, 7) is 1.31. The van der Waals surface area contributed by atoms with Gasteiger partial charge >= 0.3 is 5.97 Å². The molecule has 0 radical (unpaired) electrons. The molecule has 0 unspecified atom stereocenters. The molecule has 1 fully saturated rings. The number of carboxylic acid groups (broad SMARTS) is 1. The lowest BCUT2D eigenvalue weighted by Crippen LogP contribution is -2.29. The maximum atomic E-state index is 11.0. The molecule has 5 nitrogen and oxygen atoms in total. The zero-order valence-corrected chi connectivity index (χ0v) is 13.1. The van der Waals surface area contributed by atoms with Crippen LogP contribution in [0, 0.1) is 5.92 Å². The molecular weight excluding hydrogens is 282 g/mol. The van der Waals surface area contributed by atoms with Crippen molar-refractivity contribution in [2.75, 3.05) is 25.6 Å². The predicted molar refractivity (Wildman–Crippen MR) is 85.4 cm³/mol. The minimum absolute atomic E-state index is 0.182. The van der Waals surface area contributed by atoms with Gasteiger partial charge in [-0.2, -0.15) is 0 Å². The maximum Gasteiger partial charge on any atom is 0.306 e. The lowest BCUT2D eigenvalue weighted by Gasteiger charge is -2.28. The SMILES string of the molecule is COCCCOc1ccccc1NC1CCC(C(=O)O)CC1. The van der Waals surface area contributed by atoms with Crippen molar-refractivity contribution in [1.29, 1.82) is 0 Å². The van der Waals surface area contributed by atoms with Gasteiger partial charge in [-0.3, -0.25) is 4.79 Å². The van der Waals surface area contributed by atoms with Crippen molar-refractivity contribution in [3.63, 3.8) is 0 Å². The van der Waals surface area contributed by atoms with Gasteiger partial charge in [0.15, 0.2) is 0 Å². The third kappa shape index (κ3) is 4.91. The molecule has 0 saturated heterocycles. The van der Waals surface area contributed by atoms with Crippen molar-refractivity contribution in [1.82, 2.24) is 0 Å². The third-order valence-corrected chi connectivity index (χ3v) is 4.07. The highest BCUT2D eigenvalue weighted by atomic mass is 16.5. The molecule has 2 rings (SSSR count). The van der Waals surface area contributed by atoms with Gasteiger partial charge in [-0.15, -0.1) is 0 Å². The molecule has 1 aromatic carbocycles. The highest BCUT2D eigenvalue weighted by Crippen LogP contribution is 2.30. The monoisotopic (exact) mass is 307 g/mol. The molecule has 1 aliphatic carbocycles. The fourth-order valence-electron chi connectivity index (χ4n) is 2.80. The van der Waals surface area contributed by atoms with Crippen LogP contribution in [0.2, 0.25) is 0 Å². The number of aliphatic carboxylic acids is 1. The van der Waals surface area contributed by atoms with Crippen LogP contribution in [-0.4, -0.2) is 37.4 Å². The molecule has 1 aromatic rings. The quantitative estimate of drug-likeness (QED) is 0.722. The maximum absolute atomic E-state index is 11.0. The molecule has 22 heavy (non-hydrogen) atoms. The second-order valence-corrected chi connectivity index (χ2v) is 5.72. The Bertz CT molecular complexity index is 469. The number of para-hydroxylation sites is 2. The standard InChI is InChI=1S/C17H25NO4/c1-21-11-4-12-22-16-6-3-2-5-15(16)18-14-9-7-13(8-10-14)17(19)20/h2-3,5-6,13-14,18H,4,7-12H2,1H3,(H,19,20). The summed E-state index contributed by atoms with van der Waals surface area (Å²) < 4.78 is 10.8. The van der Waals surface area contributed by atoms with Crippen molar-refractivity contribution in [3.05, 3.63) is 24.3 Å². The van der Waals surface area contributed by atoms with Gasteiger partial charge in [0, 0.05) is 26.2 Å². The van der Waals surface area contributed by atoms with E-state index >= 15 is 0 Å². The second-order valence-electron chi connectivity index (χ2n) is 5.72. The smallest absolute Gasteiger partial charge is 0.306 e. The van der Waals surface area contributed by atoms with Gasteiger partial charge in [0.2, 0.25) is 0 Å². The fraction of sp³-hybridized carbons (Fsp3) is 0.588. The number of nitrogens with one attached hydrogen (secondary N) is 1. The zero-order valence-electron chi connectivity index (χ0n) is 13.1. The second kappa shape index (κ2) is 8.63. The molecule has 2 N–H and O–H groups in total. The van der Waals surface area contributed by atoms with E-state index in [4.69, 9.17) is 14.6 Å². The van der Waals surface area contributed by atoms with E-state index in [1.807, 2.05) is 24.3 Å². The van der Waals surface area contributed by atoms with Crippen molar-refractivity contribution >= 4 is 11.7 Å². The van der Waals surface area contributed by atoms with Gasteiger partial charge in [0.05, 0.1) is 18.2 Å². The van der Waals surface area contributed by atoms with Crippen LogP contribution >= 0.6 is 0 Å². The van der Waals surface area contributed by atoms with E-state index in [0.717, 1.165) is 43.5 Å². The van der Waals surface area contributed by atoms with Crippen molar-refractivity contribution < 1.29 is 19.4 Å². The first kappa shape index (κ1) is 16.6. The Morgan fingerprint density at radius 1 is 1.23 bits per heavy atom. The number of hydrogen-bond acceptors (Lipinski definition) is 4. The van der Waals surface area contributed by atoms with E-state index in [9.17, 15) is 4.79 Å². The molecule has 0 heterocycles. The van der Waals surface area contributed by atoms with E-state index in [2.05, 4.69) is 5.32 Å². The molecule has 0 spiro atoms. The molecule has 0 bridgehead atoms. The summed E-state index contributed by atoms with van der Waals surface area (Å²) >= 11 is 0. The molecule has 1 saturated carbocycles. The number of methoxy groups -OCH3 is 1. The van der Waals surface area contributed by atoms with E-state index in [0.29, 0.717) is 19.3 Å². The summed E-state index contributed by atoms with van der Waals surface area (Å²) in [6.07, 6.45) is 4.10. The van der Waals surface area contributed by atoms with Crippen LogP contribution in [0.25, 0.3) is 0 Å². The molecular formula is C17H25NO4. The van der Waals surface area contributed by atoms with Gasteiger partial charge in [0.1, 0.15) is 5.75 Å². The number of benzene rings is 1. The average Bonchev–Trinajstić information content (AvgIpc) is 2.53. The molecule has 0 amide bonds. The summed E-state index contributed by atoms with van der Waals surface area (Å²) in [6, 6.07) is 8.22. The van der Waals surface area contributed by atoms with Crippen LogP contribution < -0.4 is 10.1 Å². The van der Waals surface area contributed by atoms with E-state index < -0.39 is 5.97 Å². The molecule has 5 heteroatoms. The van der Waals surface area contributed by atoms with Gasteiger partial charge in [-0.05, 0) is 37.8 Å². The Balaban J connectivity index is 1.86. The zero-order chi connectivity index (χ0) is 15.8. The normalized spacial score (nSPS) is 21.3. The fourth-order valence-corrected chi connectivity index (χ4v) is 2.80. The number of carboxylic acids is 1. The third-order valence-electron chi connectivity index (χ3n) is 4.07. The molecule has 0 atom stereocenters. The number of carbonyl (C=O) groups is 1. The van der Waals surface area contributed by atoms with Gasteiger partial charge in [-0.1, -0.05) is 12.1 Å². The molecule has 0 aromatic heterocycles. The summed E-state index contributed by atoms with van der Waals surface area (Å²) in [7, 11) is 1.68. The topological polar surface area (TPSA) is 67.8 Å². The largest absolute Gasteiger partial charge is 0.491 e. The van der Waals surface area contributed by atoms with E-state index in [1.54, 1.807) is 7.11 Å². The van der Waals surface area contributed by atoms with Crippen LogP contribution in [0.15, 0.2) is 24.3 Å². The van der Waals surface area contributed by atoms with Crippen molar-refractivity contribution in [2.24, 2.45) is 5.92 Å². The number of rotatable bonds is 8. The van der Waals surface area contributed by atoms with Crippen molar-refractivity contribution in [2.45, 2.75) is 38.1 Å². The highest BCUT2D eigenvalue weighted by molar-refractivity contribution is 5.70. The van der Waals surface area contributed by atoms with Crippen LogP contribution in [0.5, 0.6) is 5.75 Å². The minimum atomic E-state index is -0.666. The first-order valence-electron chi connectivity index (χ1n) is 7.91. The lowest BCUT2D eigenvalue weighted by molar-refractivity contribution is -0.142. The Kier molecular flexibility index (Phi) is 6.52. The first-order chi connectivity index (χ1) is 10.7. The predicted octanol–water partition coefficient (Wildman–Crippen LogP) is 3.16. The van der Waals surface area contributed by atoms with Gasteiger partial charge in [-0.25, -0.2) is 0 Å². The molecule has 122 valence electrons. The minimum Gasteiger partial charge on any atom is -0.491 e. The first-order valence-corrected chi connectivity index (χ1v) is 7.91. The summed E-state index contributed by atoms with van der Waals surface area (Å²) in [4.78, 5) is 11.0. The Morgan fingerprint density at radius 3 is 2.64 bits per heavy atom. The summed E-state index contributed by atoms with van der Waals surface area (Å²) in [5.74, 6) is -0.00197. The number of anilines is 1. The van der Waals surface area contributed by atoms with E-state index in [-0.39, 0.29) is 5.92 Å². The molecule has 1 aliphatic rings. The number of hydrogen-bond donors (Lipinski definition) is 2.